The molecule has 3 aromatic rings. The molecule has 0 spiro atoms. The zero-order valence-electron chi connectivity index (χ0n) is 28.2. The van der Waals surface area contributed by atoms with Crippen LogP contribution >= 0.6 is 23.7 Å². The van der Waals surface area contributed by atoms with E-state index in [1.54, 1.807) is 19.1 Å². The highest BCUT2D eigenvalue weighted by Crippen LogP contribution is 2.54. The van der Waals surface area contributed by atoms with Crippen molar-refractivity contribution in [1.29, 1.82) is 0 Å². The van der Waals surface area contributed by atoms with Gasteiger partial charge in [0.25, 0.3) is 0 Å². The standard InChI is InChI=1S/C35H39BrF2N5O8P/c1-3-41(19-8-7-18-36)52(47,49-23-31-33(44)35(37,38)34(51-31)42-20-17-32(39)40-24(42)2)48-22-25-11-16-29(43(45)46)30(21-25)50-28-14-12-27(13-15-28)26-9-5-4-6-10-26/h4-6,9-17,20-21,31,33-34,44H,2-3,7-8,18-19,22-23H2,1H3,(H2,39,40). The average molecular weight is 807 g/mol. The Morgan fingerprint density at radius 1 is 1.13 bits per heavy atom. The lowest BCUT2D eigenvalue weighted by molar-refractivity contribution is -0.385. The molecule has 2 aliphatic heterocycles. The first kappa shape index (κ1) is 39.2. The number of nitrogens with zero attached hydrogens (tertiary/aromatic N) is 4. The van der Waals surface area contributed by atoms with Gasteiger partial charge in [-0.15, -0.1) is 0 Å². The Labute approximate surface area is 308 Å². The van der Waals surface area contributed by atoms with Crippen LogP contribution in [0.4, 0.5) is 14.5 Å². The number of aliphatic hydroxyl groups excluding tert-OH is 1. The first-order valence-electron chi connectivity index (χ1n) is 16.4. The Bertz CT molecular complexity index is 1840. The molecule has 2 heterocycles. The van der Waals surface area contributed by atoms with Gasteiger partial charge < -0.3 is 25.2 Å². The zero-order chi connectivity index (χ0) is 37.5. The van der Waals surface area contributed by atoms with Crippen molar-refractivity contribution in [3.63, 3.8) is 0 Å². The molecule has 0 aromatic heterocycles. The summed E-state index contributed by atoms with van der Waals surface area (Å²) < 4.78 is 69.7. The molecule has 52 heavy (non-hydrogen) atoms. The third kappa shape index (κ3) is 9.12. The second-order valence-corrected chi connectivity index (χ2v) is 14.7. The Morgan fingerprint density at radius 3 is 2.50 bits per heavy atom. The number of nitrogens with two attached hydrogens (primary N) is 1. The number of halogens is 3. The second kappa shape index (κ2) is 17.2. The van der Waals surface area contributed by atoms with Gasteiger partial charge in [-0.05, 0) is 59.9 Å². The summed E-state index contributed by atoms with van der Waals surface area (Å²) in [5, 5.41) is 23.2. The normalized spacial score (nSPS) is 20.9. The topological polar surface area (TPSA) is 162 Å². The average Bonchev–Trinajstić information content (AvgIpc) is 3.35. The number of unbranched alkanes of at least 4 members (excludes halogenated alkanes) is 1. The molecule has 2 aliphatic rings. The lowest BCUT2D eigenvalue weighted by Crippen LogP contribution is -2.47. The highest BCUT2D eigenvalue weighted by molar-refractivity contribution is 9.09. The third-order valence-corrected chi connectivity index (χ3v) is 11.0. The van der Waals surface area contributed by atoms with Crippen LogP contribution in [0.5, 0.6) is 11.5 Å². The van der Waals surface area contributed by atoms with Gasteiger partial charge >= 0.3 is 19.4 Å². The van der Waals surface area contributed by atoms with E-state index in [4.69, 9.17) is 24.3 Å². The highest BCUT2D eigenvalue weighted by atomic mass is 79.9. The van der Waals surface area contributed by atoms with Crippen molar-refractivity contribution in [1.82, 2.24) is 9.57 Å². The summed E-state index contributed by atoms with van der Waals surface area (Å²) >= 11 is 3.38. The molecule has 5 rings (SSSR count). The van der Waals surface area contributed by atoms with E-state index in [0.717, 1.165) is 22.4 Å². The van der Waals surface area contributed by atoms with Gasteiger partial charge in [0.2, 0.25) is 12.0 Å². The quantitative estimate of drug-likeness (QED) is 0.0455. The van der Waals surface area contributed by atoms with E-state index < -0.39 is 43.6 Å². The summed E-state index contributed by atoms with van der Waals surface area (Å²) in [6.45, 7) is 4.78. The molecule has 3 aromatic carbocycles. The van der Waals surface area contributed by atoms with E-state index in [9.17, 15) is 19.8 Å². The van der Waals surface area contributed by atoms with E-state index in [-0.39, 0.29) is 42.8 Å². The van der Waals surface area contributed by atoms with Gasteiger partial charge in [0.1, 0.15) is 23.5 Å². The summed E-state index contributed by atoms with van der Waals surface area (Å²) in [5.41, 5.74) is 7.62. The Hall–Kier alpha value is -4.02. The van der Waals surface area contributed by atoms with Crippen molar-refractivity contribution >= 4 is 35.2 Å². The van der Waals surface area contributed by atoms with Gasteiger partial charge in [0.15, 0.2) is 6.10 Å². The predicted octanol–water partition coefficient (Wildman–Crippen LogP) is 7.57. The van der Waals surface area contributed by atoms with Crippen molar-refractivity contribution < 1.29 is 41.9 Å². The fourth-order valence-electron chi connectivity index (χ4n) is 5.53. The first-order valence-corrected chi connectivity index (χ1v) is 19.0. The van der Waals surface area contributed by atoms with Gasteiger partial charge in [-0.1, -0.05) is 71.9 Å². The molecule has 278 valence electrons. The third-order valence-electron chi connectivity index (χ3n) is 8.31. The molecule has 13 nitrogen and oxygen atoms in total. The number of alkyl halides is 3. The van der Waals surface area contributed by atoms with Crippen molar-refractivity contribution in [3.8, 4) is 22.6 Å². The Kier molecular flexibility index (Phi) is 13.0. The van der Waals surface area contributed by atoms with Crippen LogP contribution in [0, 0.1) is 10.1 Å². The summed E-state index contributed by atoms with van der Waals surface area (Å²) in [4.78, 5) is 16.1. The minimum atomic E-state index is -4.25. The predicted molar refractivity (Wildman–Crippen MR) is 195 cm³/mol. The van der Waals surface area contributed by atoms with Crippen LogP contribution in [0.15, 0.2) is 102 Å². The maximum absolute atomic E-state index is 15.3. The number of rotatable bonds is 17. The molecule has 1 saturated heterocycles. The Balaban J connectivity index is 1.33. The zero-order valence-corrected chi connectivity index (χ0v) is 30.7. The summed E-state index contributed by atoms with van der Waals surface area (Å²) in [6, 6.07) is 20.8. The second-order valence-electron chi connectivity index (χ2n) is 11.9. The number of nitro groups is 1. The fraction of sp³-hybridized carbons (Fsp3) is 0.343. The van der Waals surface area contributed by atoms with E-state index in [0.29, 0.717) is 23.1 Å². The molecule has 17 heteroatoms. The highest BCUT2D eigenvalue weighted by Gasteiger charge is 2.61. The minimum Gasteiger partial charge on any atom is -0.450 e. The molecule has 3 N–H and O–H groups in total. The van der Waals surface area contributed by atoms with Gasteiger partial charge in [0, 0.05) is 30.7 Å². The maximum Gasteiger partial charge on any atom is 0.408 e. The van der Waals surface area contributed by atoms with Crippen molar-refractivity contribution in [2.24, 2.45) is 10.7 Å². The monoisotopic (exact) mass is 805 g/mol. The molecule has 4 atom stereocenters. The number of aliphatic hydroxyl groups is 1. The molecule has 0 saturated carbocycles. The van der Waals surface area contributed by atoms with Gasteiger partial charge in [-0.3, -0.25) is 19.2 Å². The van der Waals surface area contributed by atoms with Gasteiger partial charge in [-0.2, -0.15) is 8.78 Å². The smallest absolute Gasteiger partial charge is 0.408 e. The minimum absolute atomic E-state index is 0.0600. The van der Waals surface area contributed by atoms with Crippen LogP contribution in [0.1, 0.15) is 25.3 Å². The van der Waals surface area contributed by atoms with Crippen LogP contribution < -0.4 is 10.5 Å². The van der Waals surface area contributed by atoms with E-state index >= 15 is 8.78 Å². The van der Waals surface area contributed by atoms with Crippen LogP contribution in [0.3, 0.4) is 0 Å². The molecule has 0 bridgehead atoms. The molecule has 1 fully saturated rings. The lowest BCUT2D eigenvalue weighted by Gasteiger charge is -2.32. The van der Waals surface area contributed by atoms with Crippen LogP contribution in [-0.4, -0.2) is 74.8 Å². The maximum atomic E-state index is 15.3. The van der Waals surface area contributed by atoms with E-state index in [2.05, 4.69) is 27.5 Å². The van der Waals surface area contributed by atoms with E-state index in [1.807, 2.05) is 42.5 Å². The van der Waals surface area contributed by atoms with Gasteiger partial charge in [0.05, 0.1) is 18.1 Å². The SMILES string of the molecule is C=C1N=C(N)C=CN1C1OC(COP(=O)(OCc2ccc([N+](=O)[O-])c(Oc3ccc(-c4ccccc4)cc3)c2)N(CC)CCCCBr)C(O)C1(F)F. The number of aliphatic imine (C=N–C) groups is 1. The van der Waals surface area contributed by atoms with Crippen molar-refractivity contribution in [2.75, 3.05) is 25.0 Å². The lowest BCUT2D eigenvalue weighted by atomic mass is 10.1. The van der Waals surface area contributed by atoms with Crippen LogP contribution in [0.25, 0.3) is 11.1 Å². The number of hydrogen-bond acceptors (Lipinski definition) is 11. The fourth-order valence-corrected chi connectivity index (χ4v) is 7.71. The van der Waals surface area contributed by atoms with Crippen molar-refractivity contribution in [2.45, 2.75) is 50.7 Å². The number of amidine groups is 1. The summed E-state index contributed by atoms with van der Waals surface area (Å²) in [7, 11) is -4.25. The molecular formula is C35H39BrF2N5O8P. The molecule has 4 unspecified atom stereocenters. The number of benzene rings is 3. The van der Waals surface area contributed by atoms with Gasteiger partial charge in [-0.25, -0.2) is 14.2 Å². The summed E-state index contributed by atoms with van der Waals surface area (Å²) in [6.07, 6.45) is -2.10. The Morgan fingerprint density at radius 2 is 1.85 bits per heavy atom. The van der Waals surface area contributed by atoms with Crippen LogP contribution in [-0.2, 0) is 25.0 Å². The largest absolute Gasteiger partial charge is 0.450 e. The first-order chi connectivity index (χ1) is 24.9. The van der Waals surface area contributed by atoms with Crippen LogP contribution in [0.2, 0.25) is 0 Å². The molecule has 0 amide bonds. The number of hydrogen-bond donors (Lipinski definition) is 2. The molecular weight excluding hydrogens is 767 g/mol. The molecule has 0 radical (unpaired) electrons. The van der Waals surface area contributed by atoms with E-state index in [1.165, 1.54) is 35.1 Å². The number of nitro benzene ring substituents is 1. The molecule has 0 aliphatic carbocycles. The van der Waals surface area contributed by atoms with Crippen molar-refractivity contribution in [3.05, 3.63) is 113 Å². The summed E-state index contributed by atoms with van der Waals surface area (Å²) in [5.74, 6) is -3.58. The number of ether oxygens (including phenoxy) is 2.